The van der Waals surface area contributed by atoms with Gasteiger partial charge in [0.05, 0.1) is 12.1 Å². The van der Waals surface area contributed by atoms with E-state index in [0.717, 1.165) is 51.0 Å². The molecule has 0 bridgehead atoms. The molecule has 0 spiro atoms. The summed E-state index contributed by atoms with van der Waals surface area (Å²) in [6, 6.07) is 9.69. The summed E-state index contributed by atoms with van der Waals surface area (Å²) in [5, 5.41) is 6.37. The lowest BCUT2D eigenvalue weighted by Crippen LogP contribution is -2.52. The van der Waals surface area contributed by atoms with Gasteiger partial charge in [0.1, 0.15) is 0 Å². The fraction of sp³-hybridized carbons (Fsp3) is 0.636. The molecule has 2 aliphatic heterocycles. The number of piperidine rings is 1. The number of benzene rings is 1. The van der Waals surface area contributed by atoms with Crippen molar-refractivity contribution in [2.45, 2.75) is 51.6 Å². The first kappa shape index (κ1) is 23.6. The molecule has 3 atom stereocenters. The Morgan fingerprint density at radius 3 is 2.66 bits per heavy atom. The highest BCUT2D eigenvalue weighted by Crippen LogP contribution is 2.21. The van der Waals surface area contributed by atoms with Gasteiger partial charge in [-0.2, -0.15) is 0 Å². The minimum absolute atomic E-state index is 0. The maximum absolute atomic E-state index is 13.1. The van der Waals surface area contributed by atoms with Crippen LogP contribution in [0.2, 0.25) is 0 Å². The van der Waals surface area contributed by atoms with Gasteiger partial charge in [-0.15, -0.1) is 12.4 Å². The predicted octanol–water partition coefficient (Wildman–Crippen LogP) is 2.43. The number of rotatable bonds is 7. The first-order valence-electron chi connectivity index (χ1n) is 10.7. The van der Waals surface area contributed by atoms with Gasteiger partial charge in [-0.05, 0) is 70.7 Å². The molecular formula is C22H35ClN4O2. The number of nitrogens with zero attached hydrogens (tertiary/aromatic N) is 2. The molecule has 6 nitrogen and oxygen atoms in total. The Morgan fingerprint density at radius 2 is 2.00 bits per heavy atom. The van der Waals surface area contributed by atoms with Crippen molar-refractivity contribution < 1.29 is 9.59 Å². The lowest BCUT2D eigenvalue weighted by Gasteiger charge is -2.38. The number of hydrogen-bond acceptors (Lipinski definition) is 4. The van der Waals surface area contributed by atoms with E-state index in [4.69, 9.17) is 0 Å². The van der Waals surface area contributed by atoms with Crippen molar-refractivity contribution in [1.82, 2.24) is 15.5 Å². The molecule has 2 N–H and O–H groups in total. The van der Waals surface area contributed by atoms with Crippen LogP contribution in [0.3, 0.4) is 0 Å². The lowest BCUT2D eigenvalue weighted by molar-refractivity contribution is -0.125. The molecule has 0 radical (unpaired) electrons. The number of likely N-dealkylation sites (tertiary alicyclic amines) is 1. The smallest absolute Gasteiger partial charge is 0.244 e. The first-order chi connectivity index (χ1) is 13.6. The fourth-order valence-electron chi connectivity index (χ4n) is 4.35. The van der Waals surface area contributed by atoms with Gasteiger partial charge in [-0.25, -0.2) is 0 Å². The summed E-state index contributed by atoms with van der Waals surface area (Å²) in [4.78, 5) is 29.5. The largest absolute Gasteiger partial charge is 0.354 e. The third-order valence-electron chi connectivity index (χ3n) is 6.05. The van der Waals surface area contributed by atoms with Crippen molar-refractivity contribution in [2.24, 2.45) is 5.92 Å². The molecule has 1 aromatic rings. The van der Waals surface area contributed by atoms with Gasteiger partial charge in [0.2, 0.25) is 11.8 Å². The maximum Gasteiger partial charge on any atom is 0.244 e. The van der Waals surface area contributed by atoms with Gasteiger partial charge in [0.25, 0.3) is 0 Å². The normalized spacial score (nSPS) is 23.1. The monoisotopic (exact) mass is 422 g/mol. The van der Waals surface area contributed by atoms with Gasteiger partial charge in [0, 0.05) is 25.3 Å². The van der Waals surface area contributed by atoms with Gasteiger partial charge in [-0.3, -0.25) is 14.5 Å². The summed E-state index contributed by atoms with van der Waals surface area (Å²) in [5.41, 5.74) is 0.951. The fourth-order valence-corrected chi connectivity index (χ4v) is 4.35. The molecule has 2 fully saturated rings. The number of amides is 2. The second-order valence-electron chi connectivity index (χ2n) is 7.99. The second kappa shape index (κ2) is 11.5. The topological polar surface area (TPSA) is 64.7 Å². The van der Waals surface area contributed by atoms with Gasteiger partial charge in [0.15, 0.2) is 0 Å². The van der Waals surface area contributed by atoms with Crippen LogP contribution in [0.5, 0.6) is 0 Å². The Balaban J connectivity index is 0.00000300. The van der Waals surface area contributed by atoms with Crippen molar-refractivity contribution in [3.63, 3.8) is 0 Å². The summed E-state index contributed by atoms with van der Waals surface area (Å²) in [7, 11) is 0. The van der Waals surface area contributed by atoms with E-state index in [1.807, 2.05) is 49.1 Å². The quantitative estimate of drug-likeness (QED) is 0.708. The molecule has 0 aromatic heterocycles. The zero-order valence-corrected chi connectivity index (χ0v) is 18.4. The molecule has 3 unspecified atom stereocenters. The summed E-state index contributed by atoms with van der Waals surface area (Å²) in [6.07, 6.45) is 4.17. The molecule has 2 heterocycles. The predicted molar refractivity (Wildman–Crippen MR) is 120 cm³/mol. The van der Waals surface area contributed by atoms with Crippen molar-refractivity contribution in [2.75, 3.05) is 37.6 Å². The Bertz CT molecular complexity index is 651. The zero-order chi connectivity index (χ0) is 19.9. The van der Waals surface area contributed by atoms with Gasteiger partial charge in [-0.1, -0.05) is 18.2 Å². The number of nitrogens with one attached hydrogen (secondary N) is 2. The van der Waals surface area contributed by atoms with Crippen LogP contribution in [0.25, 0.3) is 0 Å². The first-order valence-corrected chi connectivity index (χ1v) is 10.7. The maximum atomic E-state index is 13.1. The van der Waals surface area contributed by atoms with E-state index in [0.29, 0.717) is 19.0 Å². The summed E-state index contributed by atoms with van der Waals surface area (Å²) in [5.74, 6) is 0.676. The van der Waals surface area contributed by atoms with E-state index in [9.17, 15) is 9.59 Å². The van der Waals surface area contributed by atoms with Crippen LogP contribution in [0.1, 0.15) is 39.5 Å². The van der Waals surface area contributed by atoms with Crippen LogP contribution >= 0.6 is 12.4 Å². The number of halogens is 1. The highest BCUT2D eigenvalue weighted by atomic mass is 35.5. The lowest BCUT2D eigenvalue weighted by atomic mass is 9.96. The van der Waals surface area contributed by atoms with Gasteiger partial charge >= 0.3 is 0 Å². The number of anilines is 1. The van der Waals surface area contributed by atoms with Crippen molar-refractivity contribution in [3.05, 3.63) is 30.3 Å². The van der Waals surface area contributed by atoms with Gasteiger partial charge < -0.3 is 15.5 Å². The van der Waals surface area contributed by atoms with Crippen LogP contribution in [0, 0.1) is 5.92 Å². The number of hydrogen-bond donors (Lipinski definition) is 2. The Morgan fingerprint density at radius 1 is 1.24 bits per heavy atom. The zero-order valence-electron chi connectivity index (χ0n) is 17.6. The summed E-state index contributed by atoms with van der Waals surface area (Å²) in [6.45, 7) is 8.12. The van der Waals surface area contributed by atoms with E-state index in [2.05, 4.69) is 15.5 Å². The van der Waals surface area contributed by atoms with Crippen LogP contribution in [0.4, 0.5) is 5.69 Å². The Hall–Kier alpha value is -1.63. The molecule has 29 heavy (non-hydrogen) atoms. The molecule has 2 aliphatic rings. The molecular weight excluding hydrogens is 388 g/mol. The highest BCUT2D eigenvalue weighted by Gasteiger charge is 2.31. The van der Waals surface area contributed by atoms with Crippen LogP contribution in [-0.4, -0.2) is 61.5 Å². The minimum atomic E-state index is -0.157. The molecule has 0 aliphatic carbocycles. The number of carbonyl (C=O) groups is 2. The molecule has 0 saturated carbocycles. The highest BCUT2D eigenvalue weighted by molar-refractivity contribution is 5.96. The van der Waals surface area contributed by atoms with E-state index in [1.54, 1.807) is 0 Å². The molecule has 2 amide bonds. The van der Waals surface area contributed by atoms with Crippen LogP contribution < -0.4 is 15.5 Å². The van der Waals surface area contributed by atoms with Crippen LogP contribution in [-0.2, 0) is 9.59 Å². The SMILES string of the molecule is CCN(C(=O)C(C)N1CCCC(CNC(=O)C2CCCN2)C1)c1ccccc1.Cl. The van der Waals surface area contributed by atoms with E-state index in [1.165, 1.54) is 0 Å². The second-order valence-corrected chi connectivity index (χ2v) is 7.99. The van der Waals surface area contributed by atoms with Crippen molar-refractivity contribution >= 4 is 29.9 Å². The standard InChI is InChI=1S/C22H34N4O2.ClH/c1-3-26(19-10-5-4-6-11-19)22(28)17(2)25-14-8-9-18(16-25)15-24-21(27)20-12-7-13-23-20;/h4-6,10-11,17-18,20,23H,3,7-9,12-16H2,1-2H3,(H,24,27);1H. The summed E-state index contributed by atoms with van der Waals surface area (Å²) < 4.78 is 0. The third kappa shape index (κ3) is 6.17. The average molecular weight is 423 g/mol. The average Bonchev–Trinajstić information content (AvgIpc) is 3.28. The molecule has 3 rings (SSSR count). The molecule has 2 saturated heterocycles. The van der Waals surface area contributed by atoms with E-state index < -0.39 is 0 Å². The van der Waals surface area contributed by atoms with E-state index in [-0.39, 0.29) is 36.3 Å². The number of likely N-dealkylation sites (N-methyl/N-ethyl adjacent to an activating group) is 1. The summed E-state index contributed by atoms with van der Waals surface area (Å²) >= 11 is 0. The molecule has 1 aromatic carbocycles. The Labute approximate surface area is 180 Å². The van der Waals surface area contributed by atoms with Crippen molar-refractivity contribution in [3.8, 4) is 0 Å². The molecule has 162 valence electrons. The minimum Gasteiger partial charge on any atom is -0.354 e. The van der Waals surface area contributed by atoms with E-state index >= 15 is 0 Å². The van der Waals surface area contributed by atoms with Crippen LogP contribution in [0.15, 0.2) is 30.3 Å². The number of para-hydroxylation sites is 1. The number of carbonyl (C=O) groups excluding carboxylic acids is 2. The van der Waals surface area contributed by atoms with Crippen molar-refractivity contribution in [1.29, 1.82) is 0 Å². The Kier molecular flexibility index (Phi) is 9.40. The third-order valence-corrected chi connectivity index (χ3v) is 6.05. The molecule has 7 heteroatoms.